The molecule has 1 rings (SSSR count). The minimum absolute atomic E-state index is 0.238. The summed E-state index contributed by atoms with van der Waals surface area (Å²) < 4.78 is 4.83. The zero-order valence-electron chi connectivity index (χ0n) is 9.41. The predicted molar refractivity (Wildman–Crippen MR) is 63.9 cm³/mol. The van der Waals surface area contributed by atoms with E-state index in [0.29, 0.717) is 17.6 Å². The van der Waals surface area contributed by atoms with Gasteiger partial charge >= 0.3 is 5.97 Å². The maximum atomic E-state index is 11.2. The molecule has 0 spiro atoms. The Balaban J connectivity index is 2.70. The Morgan fingerprint density at radius 3 is 2.75 bits per heavy atom. The van der Waals surface area contributed by atoms with Gasteiger partial charge in [0, 0.05) is 5.56 Å². The number of carbonyl (C=O) groups is 1. The first kappa shape index (κ1) is 13.3. The highest BCUT2D eigenvalue weighted by Gasteiger charge is 2.10. The predicted octanol–water partition coefficient (Wildman–Crippen LogP) is 2.40. The fraction of sp³-hybridized carbons (Fsp3) is 0.500. The summed E-state index contributed by atoms with van der Waals surface area (Å²) in [5.74, 6) is 0.586. The first-order valence-corrected chi connectivity index (χ1v) is 6.20. The number of ether oxygens (including phenoxy) is 1. The van der Waals surface area contributed by atoms with Gasteiger partial charge in [-0.2, -0.15) is 0 Å². The number of carbonyl (C=O) groups excluding carboxylic acids is 1. The van der Waals surface area contributed by atoms with Crippen LogP contribution < -0.4 is 0 Å². The molecule has 16 heavy (non-hydrogen) atoms. The highest BCUT2D eigenvalue weighted by molar-refractivity contribution is 7.99. The summed E-state index contributed by atoms with van der Waals surface area (Å²) >= 11 is 7.23. The van der Waals surface area contributed by atoms with Crippen molar-refractivity contribution in [2.45, 2.75) is 25.8 Å². The monoisotopic (exact) mass is 260 g/mol. The standard InChI is InChI=1S/C10H13ClN2O2S/c1-4-15-8(14)5-16-10-6(2)9(11)12-7(3)13-10/h4-5H2,1-3H3. The zero-order chi connectivity index (χ0) is 12.1. The van der Waals surface area contributed by atoms with Crippen LogP contribution in [0.5, 0.6) is 0 Å². The SMILES string of the molecule is CCOC(=O)CSc1nc(C)nc(Cl)c1C. The van der Waals surface area contributed by atoms with Gasteiger partial charge in [-0.15, -0.1) is 0 Å². The van der Waals surface area contributed by atoms with Crippen LogP contribution in [0.15, 0.2) is 5.03 Å². The first-order chi connectivity index (χ1) is 7.54. The van der Waals surface area contributed by atoms with Crippen molar-refractivity contribution in [2.24, 2.45) is 0 Å². The molecule has 0 saturated heterocycles. The van der Waals surface area contributed by atoms with E-state index in [1.165, 1.54) is 11.8 Å². The summed E-state index contributed by atoms with van der Waals surface area (Å²) in [6.07, 6.45) is 0. The number of esters is 1. The van der Waals surface area contributed by atoms with Crippen LogP contribution in [0.2, 0.25) is 5.15 Å². The molecule has 4 nitrogen and oxygen atoms in total. The molecule has 0 saturated carbocycles. The summed E-state index contributed by atoms with van der Waals surface area (Å²) in [7, 11) is 0. The Bertz CT molecular complexity index is 399. The molecule has 0 fully saturated rings. The molecule has 0 N–H and O–H groups in total. The van der Waals surface area contributed by atoms with E-state index in [9.17, 15) is 4.79 Å². The van der Waals surface area contributed by atoms with Crippen LogP contribution in [0.1, 0.15) is 18.3 Å². The topological polar surface area (TPSA) is 52.1 Å². The number of rotatable bonds is 4. The normalized spacial score (nSPS) is 10.2. The molecule has 1 heterocycles. The summed E-state index contributed by atoms with van der Waals surface area (Å²) in [4.78, 5) is 19.4. The molecule has 88 valence electrons. The summed E-state index contributed by atoms with van der Waals surface area (Å²) in [6.45, 7) is 5.76. The lowest BCUT2D eigenvalue weighted by atomic mass is 10.4. The summed E-state index contributed by atoms with van der Waals surface area (Å²) in [6, 6.07) is 0. The first-order valence-electron chi connectivity index (χ1n) is 4.83. The van der Waals surface area contributed by atoms with Gasteiger partial charge in [0.05, 0.1) is 12.4 Å². The van der Waals surface area contributed by atoms with E-state index in [2.05, 4.69) is 9.97 Å². The van der Waals surface area contributed by atoms with Gasteiger partial charge in [-0.05, 0) is 20.8 Å². The fourth-order valence-electron chi connectivity index (χ4n) is 1.04. The molecular weight excluding hydrogens is 248 g/mol. The lowest BCUT2D eigenvalue weighted by Crippen LogP contribution is -2.07. The molecule has 0 aliphatic carbocycles. The van der Waals surface area contributed by atoms with Gasteiger partial charge in [-0.25, -0.2) is 9.97 Å². The average Bonchev–Trinajstić information content (AvgIpc) is 2.21. The van der Waals surface area contributed by atoms with Crippen molar-refractivity contribution in [1.82, 2.24) is 9.97 Å². The van der Waals surface area contributed by atoms with Crippen LogP contribution in [-0.2, 0) is 9.53 Å². The number of thioether (sulfide) groups is 1. The van der Waals surface area contributed by atoms with Gasteiger partial charge in [-0.1, -0.05) is 23.4 Å². The quantitative estimate of drug-likeness (QED) is 0.473. The Hall–Kier alpha value is -0.810. The number of halogens is 1. The van der Waals surface area contributed by atoms with Crippen LogP contribution in [-0.4, -0.2) is 28.3 Å². The molecule has 0 radical (unpaired) electrons. The largest absolute Gasteiger partial charge is 0.465 e. The molecule has 0 atom stereocenters. The maximum Gasteiger partial charge on any atom is 0.316 e. The second kappa shape index (κ2) is 6.06. The molecule has 1 aromatic heterocycles. The second-order valence-corrected chi connectivity index (χ2v) is 4.41. The van der Waals surface area contributed by atoms with Gasteiger partial charge in [0.25, 0.3) is 0 Å². The fourth-order valence-corrected chi connectivity index (χ4v) is 2.16. The Morgan fingerprint density at radius 1 is 1.44 bits per heavy atom. The van der Waals surface area contributed by atoms with E-state index in [0.717, 1.165) is 10.6 Å². The van der Waals surface area contributed by atoms with Crippen molar-refractivity contribution in [2.75, 3.05) is 12.4 Å². The van der Waals surface area contributed by atoms with E-state index < -0.39 is 0 Å². The molecule has 1 aromatic rings. The van der Waals surface area contributed by atoms with Crippen LogP contribution in [0.4, 0.5) is 0 Å². The van der Waals surface area contributed by atoms with E-state index >= 15 is 0 Å². The number of hydrogen-bond acceptors (Lipinski definition) is 5. The summed E-state index contributed by atoms with van der Waals surface area (Å²) in [5, 5.41) is 1.16. The van der Waals surface area contributed by atoms with Gasteiger partial charge in [0.15, 0.2) is 0 Å². The number of aryl methyl sites for hydroxylation is 1. The van der Waals surface area contributed by atoms with E-state index in [4.69, 9.17) is 16.3 Å². The molecular formula is C10H13ClN2O2S. The lowest BCUT2D eigenvalue weighted by Gasteiger charge is -2.06. The Morgan fingerprint density at radius 2 is 2.12 bits per heavy atom. The van der Waals surface area contributed by atoms with Crippen LogP contribution in [0, 0.1) is 13.8 Å². The van der Waals surface area contributed by atoms with E-state index in [-0.39, 0.29) is 11.7 Å². The third-order valence-corrected chi connectivity index (χ3v) is 3.20. The Labute approximate surface area is 104 Å². The lowest BCUT2D eigenvalue weighted by molar-refractivity contribution is -0.139. The van der Waals surface area contributed by atoms with Gasteiger partial charge in [0.1, 0.15) is 16.0 Å². The van der Waals surface area contributed by atoms with Crippen LogP contribution in [0.25, 0.3) is 0 Å². The number of aromatic nitrogens is 2. The molecule has 0 amide bonds. The maximum absolute atomic E-state index is 11.2. The minimum atomic E-state index is -0.251. The van der Waals surface area contributed by atoms with Crippen molar-refractivity contribution in [3.63, 3.8) is 0 Å². The molecule has 0 aliphatic rings. The highest BCUT2D eigenvalue weighted by Crippen LogP contribution is 2.24. The summed E-state index contributed by atoms with van der Waals surface area (Å²) in [5.41, 5.74) is 0.793. The molecule has 0 bridgehead atoms. The molecule has 0 unspecified atom stereocenters. The smallest absolute Gasteiger partial charge is 0.316 e. The van der Waals surface area contributed by atoms with Crippen molar-refractivity contribution in [1.29, 1.82) is 0 Å². The third kappa shape index (κ3) is 3.64. The Kier molecular flexibility index (Phi) is 5.02. The van der Waals surface area contributed by atoms with Gasteiger partial charge < -0.3 is 4.74 Å². The zero-order valence-corrected chi connectivity index (χ0v) is 11.0. The van der Waals surface area contributed by atoms with Gasteiger partial charge in [-0.3, -0.25) is 4.79 Å². The van der Waals surface area contributed by atoms with Crippen molar-refractivity contribution >= 4 is 29.3 Å². The van der Waals surface area contributed by atoms with Crippen LogP contribution in [0.3, 0.4) is 0 Å². The number of nitrogens with zero attached hydrogens (tertiary/aromatic N) is 2. The second-order valence-electron chi connectivity index (χ2n) is 3.09. The molecule has 6 heteroatoms. The minimum Gasteiger partial charge on any atom is -0.465 e. The highest BCUT2D eigenvalue weighted by atomic mass is 35.5. The van der Waals surface area contributed by atoms with E-state index in [1.54, 1.807) is 13.8 Å². The number of hydrogen-bond donors (Lipinski definition) is 0. The van der Waals surface area contributed by atoms with Gasteiger partial charge in [0.2, 0.25) is 0 Å². The molecule has 0 aliphatic heterocycles. The van der Waals surface area contributed by atoms with Crippen LogP contribution >= 0.6 is 23.4 Å². The molecule has 0 aromatic carbocycles. The van der Waals surface area contributed by atoms with E-state index in [1.807, 2.05) is 6.92 Å². The van der Waals surface area contributed by atoms with Crippen molar-refractivity contribution in [3.8, 4) is 0 Å². The van der Waals surface area contributed by atoms with Crippen molar-refractivity contribution in [3.05, 3.63) is 16.5 Å². The average molecular weight is 261 g/mol. The van der Waals surface area contributed by atoms with Crippen molar-refractivity contribution < 1.29 is 9.53 Å². The third-order valence-electron chi connectivity index (χ3n) is 1.79.